The number of amides is 2. The molecule has 2 amide bonds. The van der Waals surface area contributed by atoms with Crippen LogP contribution in [0.3, 0.4) is 0 Å². The van der Waals surface area contributed by atoms with Crippen molar-refractivity contribution in [1.82, 2.24) is 14.5 Å². The monoisotopic (exact) mass is 532 g/mol. The standard InChI is InChI=1S/C26H30F2N4O6/c1-5-30-20-14-29(25(37)38-26(2,3)4)10-11-31(20)32-13-17(22(34)23(35)21(32)24(30)36)19(33)9-7-15-6-8-16(27)12-18(15)28/h6,8,12-13,20,35H,5,7,9-11,14H2,1-4H3/t20-/m0/s1. The van der Waals surface area contributed by atoms with Crippen LogP contribution in [0.15, 0.2) is 29.2 Å². The van der Waals surface area contributed by atoms with Gasteiger partial charge in [0, 0.05) is 31.8 Å². The van der Waals surface area contributed by atoms with E-state index in [9.17, 15) is 33.1 Å². The Morgan fingerprint density at radius 2 is 1.87 bits per heavy atom. The van der Waals surface area contributed by atoms with Crippen LogP contribution in [0, 0.1) is 11.6 Å². The van der Waals surface area contributed by atoms with Crippen molar-refractivity contribution in [2.24, 2.45) is 0 Å². The minimum Gasteiger partial charge on any atom is -0.502 e. The second-order valence-electron chi connectivity index (χ2n) is 10.2. The largest absolute Gasteiger partial charge is 0.502 e. The van der Waals surface area contributed by atoms with E-state index in [0.29, 0.717) is 6.07 Å². The number of Topliss-reactive ketones (excluding diaryl/α,β-unsaturated/α-hetero) is 1. The Hall–Kier alpha value is -3.96. The number of ether oxygens (including phenoxy) is 1. The zero-order valence-corrected chi connectivity index (χ0v) is 21.7. The molecule has 0 radical (unpaired) electrons. The fourth-order valence-electron chi connectivity index (χ4n) is 4.68. The lowest BCUT2D eigenvalue weighted by atomic mass is 10.0. The number of piperazine rings is 1. The molecule has 4 rings (SSSR count). The van der Waals surface area contributed by atoms with E-state index in [4.69, 9.17) is 4.74 Å². The number of halogens is 2. The first-order chi connectivity index (χ1) is 17.8. The lowest BCUT2D eigenvalue weighted by Crippen LogP contribution is -2.69. The van der Waals surface area contributed by atoms with Gasteiger partial charge in [-0.25, -0.2) is 13.6 Å². The molecule has 0 aliphatic carbocycles. The molecule has 1 aromatic carbocycles. The van der Waals surface area contributed by atoms with Gasteiger partial charge in [-0.1, -0.05) is 6.07 Å². The summed E-state index contributed by atoms with van der Waals surface area (Å²) in [6.07, 6.45) is -0.326. The number of aromatic nitrogens is 1. The number of carbonyl (C=O) groups excluding carboxylic acids is 3. The van der Waals surface area contributed by atoms with Gasteiger partial charge >= 0.3 is 6.09 Å². The fourth-order valence-corrected chi connectivity index (χ4v) is 4.68. The zero-order valence-electron chi connectivity index (χ0n) is 21.7. The SMILES string of the molecule is CCN1C(=O)c2c(O)c(=O)c(C(=O)CCc3ccc(F)cc3F)cn2N2CCN(C(=O)OC(C)(C)C)C[C@@H]12. The van der Waals surface area contributed by atoms with Gasteiger partial charge in [-0.3, -0.25) is 24.1 Å². The fraction of sp³-hybridized carbons (Fsp3) is 0.462. The van der Waals surface area contributed by atoms with Crippen LogP contribution in [0.25, 0.3) is 0 Å². The summed E-state index contributed by atoms with van der Waals surface area (Å²) in [5.41, 5.74) is -2.24. The molecule has 1 N–H and O–H groups in total. The third-order valence-electron chi connectivity index (χ3n) is 6.52. The molecule has 204 valence electrons. The van der Waals surface area contributed by atoms with Crippen molar-refractivity contribution < 1.29 is 33.0 Å². The Morgan fingerprint density at radius 1 is 1.16 bits per heavy atom. The number of nitrogens with zero attached hydrogens (tertiary/aromatic N) is 4. The second kappa shape index (κ2) is 10.1. The molecular weight excluding hydrogens is 502 g/mol. The van der Waals surface area contributed by atoms with Gasteiger partial charge in [-0.05, 0) is 45.7 Å². The second-order valence-corrected chi connectivity index (χ2v) is 10.2. The first-order valence-electron chi connectivity index (χ1n) is 12.3. The highest BCUT2D eigenvalue weighted by Crippen LogP contribution is 2.28. The molecule has 38 heavy (non-hydrogen) atoms. The number of carbonyl (C=O) groups is 3. The molecule has 12 heteroatoms. The molecule has 0 bridgehead atoms. The Bertz CT molecular complexity index is 1350. The summed E-state index contributed by atoms with van der Waals surface area (Å²) in [5.74, 6) is -3.71. The normalized spacial score (nSPS) is 17.3. The van der Waals surface area contributed by atoms with Gasteiger partial charge in [0.2, 0.25) is 5.43 Å². The Balaban J connectivity index is 1.65. The molecule has 2 aliphatic heterocycles. The van der Waals surface area contributed by atoms with Crippen LogP contribution in [0.2, 0.25) is 0 Å². The van der Waals surface area contributed by atoms with E-state index in [2.05, 4.69) is 0 Å². The van der Waals surface area contributed by atoms with Crippen molar-refractivity contribution in [1.29, 1.82) is 0 Å². The molecule has 0 spiro atoms. The van der Waals surface area contributed by atoms with Crippen molar-refractivity contribution >= 4 is 17.8 Å². The van der Waals surface area contributed by atoms with Crippen LogP contribution in [0.4, 0.5) is 13.6 Å². The molecule has 3 heterocycles. The minimum absolute atomic E-state index is 0.0906. The molecular formula is C26H30F2N4O6. The summed E-state index contributed by atoms with van der Waals surface area (Å²) in [6.45, 7) is 7.79. The highest BCUT2D eigenvalue weighted by molar-refractivity contribution is 6.00. The topological polar surface area (TPSA) is 112 Å². The van der Waals surface area contributed by atoms with Crippen LogP contribution in [0.1, 0.15) is 60.5 Å². The molecule has 1 fully saturated rings. The summed E-state index contributed by atoms with van der Waals surface area (Å²) in [4.78, 5) is 54.8. The van der Waals surface area contributed by atoms with E-state index in [1.165, 1.54) is 26.7 Å². The Kier molecular flexibility index (Phi) is 7.18. The average Bonchev–Trinajstić information content (AvgIpc) is 2.84. The average molecular weight is 533 g/mol. The molecule has 2 aliphatic rings. The number of aromatic hydroxyl groups is 1. The van der Waals surface area contributed by atoms with E-state index in [0.717, 1.165) is 6.07 Å². The maximum Gasteiger partial charge on any atom is 0.410 e. The van der Waals surface area contributed by atoms with Gasteiger partial charge in [0.05, 0.1) is 18.7 Å². The smallest absolute Gasteiger partial charge is 0.410 e. The molecule has 1 saturated heterocycles. The summed E-state index contributed by atoms with van der Waals surface area (Å²) < 4.78 is 34.0. The lowest BCUT2D eigenvalue weighted by molar-refractivity contribution is 0.00682. The van der Waals surface area contributed by atoms with Crippen molar-refractivity contribution in [3.63, 3.8) is 0 Å². The van der Waals surface area contributed by atoms with Gasteiger partial charge < -0.3 is 19.6 Å². The predicted octanol–water partition coefficient (Wildman–Crippen LogP) is 2.64. The van der Waals surface area contributed by atoms with E-state index in [-0.39, 0.29) is 55.8 Å². The first kappa shape index (κ1) is 27.1. The number of pyridine rings is 1. The van der Waals surface area contributed by atoms with Gasteiger partial charge in [-0.15, -0.1) is 0 Å². The van der Waals surface area contributed by atoms with Crippen molar-refractivity contribution in [3.05, 3.63) is 63.1 Å². The summed E-state index contributed by atoms with van der Waals surface area (Å²) >= 11 is 0. The summed E-state index contributed by atoms with van der Waals surface area (Å²) in [6, 6.07) is 3.01. The number of hydrogen-bond donors (Lipinski definition) is 1. The molecule has 0 saturated carbocycles. The van der Waals surface area contributed by atoms with Crippen LogP contribution in [0.5, 0.6) is 5.75 Å². The third-order valence-corrected chi connectivity index (χ3v) is 6.52. The predicted molar refractivity (Wildman–Crippen MR) is 133 cm³/mol. The van der Waals surface area contributed by atoms with E-state index in [1.54, 1.807) is 32.7 Å². The lowest BCUT2D eigenvalue weighted by Gasteiger charge is -2.51. The highest BCUT2D eigenvalue weighted by atomic mass is 19.1. The van der Waals surface area contributed by atoms with Gasteiger partial charge in [0.25, 0.3) is 5.91 Å². The molecule has 1 aromatic heterocycles. The maximum atomic E-state index is 14.0. The number of ketones is 1. The third kappa shape index (κ3) is 5.07. The maximum absolute atomic E-state index is 14.0. The van der Waals surface area contributed by atoms with E-state index in [1.807, 2.05) is 0 Å². The summed E-state index contributed by atoms with van der Waals surface area (Å²) in [5, 5.41) is 12.4. The van der Waals surface area contributed by atoms with Crippen molar-refractivity contribution in [3.8, 4) is 5.75 Å². The number of hydrogen-bond acceptors (Lipinski definition) is 7. The molecule has 1 atom stereocenters. The van der Waals surface area contributed by atoms with E-state index < -0.39 is 52.4 Å². The molecule has 10 nitrogen and oxygen atoms in total. The van der Waals surface area contributed by atoms with Crippen LogP contribution in [-0.4, -0.2) is 75.3 Å². The zero-order chi connectivity index (χ0) is 27.9. The van der Waals surface area contributed by atoms with Crippen LogP contribution >= 0.6 is 0 Å². The number of likely N-dealkylation sites (N-methyl/N-ethyl adjacent to an activating group) is 1. The minimum atomic E-state index is -1.00. The Morgan fingerprint density at radius 3 is 2.50 bits per heavy atom. The van der Waals surface area contributed by atoms with Crippen molar-refractivity contribution in [2.75, 3.05) is 31.2 Å². The van der Waals surface area contributed by atoms with Crippen LogP contribution < -0.4 is 10.4 Å². The van der Waals surface area contributed by atoms with Gasteiger partial charge in [-0.2, -0.15) is 0 Å². The van der Waals surface area contributed by atoms with Crippen LogP contribution in [-0.2, 0) is 11.2 Å². The Labute approximate surface area is 218 Å². The van der Waals surface area contributed by atoms with Gasteiger partial charge in [0.1, 0.15) is 23.4 Å². The molecule has 0 unspecified atom stereocenters. The molecule has 2 aromatic rings. The summed E-state index contributed by atoms with van der Waals surface area (Å²) in [7, 11) is 0. The number of aryl methyl sites for hydroxylation is 1. The number of benzene rings is 1. The van der Waals surface area contributed by atoms with Gasteiger partial charge in [0.15, 0.2) is 17.2 Å². The number of fused-ring (bicyclic) bond motifs is 3. The number of rotatable bonds is 5. The van der Waals surface area contributed by atoms with Crippen molar-refractivity contribution in [2.45, 2.75) is 52.3 Å². The quantitative estimate of drug-likeness (QED) is 0.589. The highest BCUT2D eigenvalue weighted by Gasteiger charge is 2.44. The van der Waals surface area contributed by atoms with E-state index >= 15 is 0 Å². The first-order valence-corrected chi connectivity index (χ1v) is 12.3.